The highest BCUT2D eigenvalue weighted by Gasteiger charge is 2.22. The number of pyridine rings is 1. The van der Waals surface area contributed by atoms with Crippen molar-refractivity contribution in [2.75, 3.05) is 17.8 Å². The van der Waals surface area contributed by atoms with Crippen molar-refractivity contribution >= 4 is 33.1 Å². The van der Waals surface area contributed by atoms with Crippen molar-refractivity contribution < 1.29 is 13.3 Å². The molecule has 0 spiro atoms. The molecule has 0 saturated heterocycles. The smallest absolute Gasteiger partial charge is 0.358 e. The van der Waals surface area contributed by atoms with Crippen LogP contribution in [0.25, 0.3) is 5.65 Å². The maximum atomic E-state index is 11.1. The van der Waals surface area contributed by atoms with Gasteiger partial charge < -0.3 is 10.1 Å². The van der Waals surface area contributed by atoms with Crippen molar-refractivity contribution in [3.8, 4) is 0 Å². The number of hydrogen-bond donors (Lipinski definition) is 0. The number of aromatic nitrogens is 2. The van der Waals surface area contributed by atoms with Crippen molar-refractivity contribution in [2.24, 2.45) is 0 Å². The lowest BCUT2D eigenvalue weighted by Gasteiger charge is -1.98. The maximum absolute atomic E-state index is 11.1. The molecule has 0 aliphatic rings. The van der Waals surface area contributed by atoms with Gasteiger partial charge in [0.05, 0.1) is 11.9 Å². The van der Waals surface area contributed by atoms with Gasteiger partial charge in [-0.15, -0.1) is 0 Å². The molecule has 19 heavy (non-hydrogen) atoms. The fourth-order valence-electron chi connectivity index (χ4n) is 1.51. The number of fused-ring (bicyclic) bond motifs is 1. The summed E-state index contributed by atoms with van der Waals surface area (Å²) in [6, 6.07) is 5.07. The van der Waals surface area contributed by atoms with Crippen molar-refractivity contribution in [1.82, 2.24) is 9.38 Å². The van der Waals surface area contributed by atoms with Gasteiger partial charge in [-0.2, -0.15) is 9.38 Å². The summed E-state index contributed by atoms with van der Waals surface area (Å²) in [6.07, 6.45) is 2.69. The van der Waals surface area contributed by atoms with Crippen molar-refractivity contribution in [1.29, 1.82) is 0 Å². The third kappa shape index (κ3) is 3.24. The van der Waals surface area contributed by atoms with Crippen LogP contribution in [0.4, 0.5) is 5.82 Å². The minimum atomic E-state index is -3.08. The number of imidazole rings is 1. The third-order valence-corrected chi connectivity index (χ3v) is 4.50. The monoisotopic (exact) mass is 301 g/mol. The summed E-state index contributed by atoms with van der Waals surface area (Å²) in [5.74, 6) is 0.0702. The van der Waals surface area contributed by atoms with Gasteiger partial charge in [-0.25, -0.2) is 8.42 Å². The zero-order chi connectivity index (χ0) is 14.0. The van der Waals surface area contributed by atoms with Crippen molar-refractivity contribution in [3.63, 3.8) is 0 Å². The first kappa shape index (κ1) is 13.8. The normalized spacial score (nSPS) is 11.8. The van der Waals surface area contributed by atoms with Crippen LogP contribution >= 0.6 is 11.8 Å². The number of nitro groups is 1. The van der Waals surface area contributed by atoms with Crippen LogP contribution in [0.15, 0.2) is 29.4 Å². The first-order valence-corrected chi connectivity index (χ1v) is 8.35. The van der Waals surface area contributed by atoms with E-state index in [0.29, 0.717) is 5.65 Å². The number of sulfone groups is 1. The Bertz CT molecular complexity index is 723. The molecular weight excluding hydrogens is 290 g/mol. The second kappa shape index (κ2) is 5.17. The van der Waals surface area contributed by atoms with E-state index in [2.05, 4.69) is 4.98 Å². The van der Waals surface area contributed by atoms with E-state index in [1.165, 1.54) is 4.40 Å². The molecule has 0 N–H and O–H groups in total. The Hall–Kier alpha value is -1.61. The van der Waals surface area contributed by atoms with Gasteiger partial charge in [-0.3, -0.25) is 0 Å². The molecule has 0 saturated carbocycles. The summed E-state index contributed by atoms with van der Waals surface area (Å²) in [4.78, 5) is 14.7. The van der Waals surface area contributed by atoms with Gasteiger partial charge in [0.1, 0.15) is 9.84 Å². The van der Waals surface area contributed by atoms with E-state index in [1.54, 1.807) is 24.4 Å². The summed E-state index contributed by atoms with van der Waals surface area (Å²) in [7, 11) is -3.08. The lowest BCUT2D eigenvalue weighted by atomic mass is 10.5. The number of thioether (sulfide) groups is 1. The summed E-state index contributed by atoms with van der Waals surface area (Å²) < 4.78 is 23.5. The Morgan fingerprint density at radius 1 is 1.47 bits per heavy atom. The first-order chi connectivity index (χ1) is 8.88. The Labute approximate surface area is 113 Å². The second-order valence-electron chi connectivity index (χ2n) is 3.90. The van der Waals surface area contributed by atoms with Crippen molar-refractivity contribution in [2.45, 2.75) is 5.03 Å². The summed E-state index contributed by atoms with van der Waals surface area (Å²) in [5, 5.41) is 11.3. The zero-order valence-electron chi connectivity index (χ0n) is 10.0. The fraction of sp³-hybridized carbons (Fsp3) is 0.300. The van der Waals surface area contributed by atoms with E-state index in [0.717, 1.165) is 18.0 Å². The van der Waals surface area contributed by atoms with E-state index in [-0.39, 0.29) is 22.3 Å². The predicted octanol–water partition coefficient (Wildman–Crippen LogP) is 1.38. The zero-order valence-corrected chi connectivity index (χ0v) is 11.6. The quantitative estimate of drug-likeness (QED) is 0.470. The highest BCUT2D eigenvalue weighted by atomic mass is 32.2. The predicted molar refractivity (Wildman–Crippen MR) is 72.3 cm³/mol. The SMILES string of the molecule is CS(=O)(=O)CCSc1nc2ccccn2c1[N+](=O)[O-]. The van der Waals surface area contributed by atoms with Gasteiger partial charge in [0, 0.05) is 18.1 Å². The van der Waals surface area contributed by atoms with Crippen LogP contribution < -0.4 is 0 Å². The van der Waals surface area contributed by atoms with Crippen LogP contribution in [0, 0.1) is 10.1 Å². The Morgan fingerprint density at radius 2 is 2.21 bits per heavy atom. The van der Waals surface area contributed by atoms with Crippen LogP contribution in [0.5, 0.6) is 0 Å². The molecule has 0 radical (unpaired) electrons. The highest BCUT2D eigenvalue weighted by molar-refractivity contribution is 8.00. The average Bonchev–Trinajstić information content (AvgIpc) is 2.65. The fourth-order valence-corrected chi connectivity index (χ4v) is 3.71. The molecule has 102 valence electrons. The van der Waals surface area contributed by atoms with Crippen LogP contribution in [-0.2, 0) is 9.84 Å². The standard InChI is InChI=1S/C10H11N3O4S2/c1-19(16,17)7-6-18-9-10(13(14)15)12-5-3-2-4-8(12)11-9/h2-5H,6-7H2,1H3. The molecular formula is C10H11N3O4S2. The molecule has 0 amide bonds. The minimum absolute atomic E-state index is 0.0390. The van der Waals surface area contributed by atoms with E-state index < -0.39 is 14.8 Å². The molecule has 0 atom stereocenters. The van der Waals surface area contributed by atoms with Gasteiger partial charge in [0.2, 0.25) is 5.65 Å². The minimum Gasteiger partial charge on any atom is -0.358 e. The van der Waals surface area contributed by atoms with E-state index in [1.807, 2.05) is 0 Å². The van der Waals surface area contributed by atoms with Gasteiger partial charge in [0.15, 0.2) is 5.03 Å². The summed E-state index contributed by atoms with van der Waals surface area (Å²) >= 11 is 1.08. The Balaban J connectivity index is 2.32. The molecule has 2 aromatic rings. The maximum Gasteiger partial charge on any atom is 0.361 e. The molecule has 0 aliphatic heterocycles. The second-order valence-corrected chi connectivity index (χ2v) is 7.25. The molecule has 2 rings (SSSR count). The molecule has 7 nitrogen and oxygen atoms in total. The van der Waals surface area contributed by atoms with Gasteiger partial charge in [-0.05, 0) is 11.0 Å². The lowest BCUT2D eigenvalue weighted by Crippen LogP contribution is -2.05. The van der Waals surface area contributed by atoms with E-state index >= 15 is 0 Å². The largest absolute Gasteiger partial charge is 0.361 e. The summed E-state index contributed by atoms with van der Waals surface area (Å²) in [5.41, 5.74) is 0.469. The molecule has 9 heteroatoms. The highest BCUT2D eigenvalue weighted by Crippen LogP contribution is 2.29. The lowest BCUT2D eigenvalue weighted by molar-refractivity contribution is -0.393. The van der Waals surface area contributed by atoms with Crippen LogP contribution in [0.2, 0.25) is 0 Å². The van der Waals surface area contributed by atoms with Gasteiger partial charge in [-0.1, -0.05) is 17.8 Å². The number of nitrogens with zero attached hydrogens (tertiary/aromatic N) is 3. The number of rotatable bonds is 5. The van der Waals surface area contributed by atoms with Gasteiger partial charge >= 0.3 is 5.82 Å². The molecule has 0 fully saturated rings. The van der Waals surface area contributed by atoms with Crippen LogP contribution in [-0.4, -0.2) is 40.5 Å². The first-order valence-electron chi connectivity index (χ1n) is 5.30. The number of hydrogen-bond acceptors (Lipinski definition) is 6. The summed E-state index contributed by atoms with van der Waals surface area (Å²) in [6.45, 7) is 0. The van der Waals surface area contributed by atoms with E-state index in [4.69, 9.17) is 0 Å². The molecule has 0 bridgehead atoms. The van der Waals surface area contributed by atoms with Crippen molar-refractivity contribution in [3.05, 3.63) is 34.5 Å². The molecule has 0 aromatic carbocycles. The molecule has 2 aromatic heterocycles. The Morgan fingerprint density at radius 3 is 2.84 bits per heavy atom. The topological polar surface area (TPSA) is 94.6 Å². The molecule has 2 heterocycles. The van der Waals surface area contributed by atoms with Crippen LogP contribution in [0.3, 0.4) is 0 Å². The molecule has 0 aliphatic carbocycles. The average molecular weight is 301 g/mol. The third-order valence-electron chi connectivity index (χ3n) is 2.34. The van der Waals surface area contributed by atoms with Gasteiger partial charge in [0.25, 0.3) is 0 Å². The van der Waals surface area contributed by atoms with E-state index in [9.17, 15) is 18.5 Å². The Kier molecular flexibility index (Phi) is 3.76. The van der Waals surface area contributed by atoms with Crippen LogP contribution in [0.1, 0.15) is 0 Å². The molecule has 0 unspecified atom stereocenters.